The first-order chi connectivity index (χ1) is 8.81. The highest BCUT2D eigenvalue weighted by molar-refractivity contribution is 5.84. The van der Waals surface area contributed by atoms with Gasteiger partial charge in [0.1, 0.15) is 11.4 Å². The Bertz CT molecular complexity index is 501. The average molecular weight is 264 g/mol. The molecule has 19 heavy (non-hydrogen) atoms. The zero-order valence-corrected chi connectivity index (χ0v) is 11.3. The van der Waals surface area contributed by atoms with Gasteiger partial charge in [-0.3, -0.25) is 5.32 Å². The lowest BCUT2D eigenvalue weighted by Crippen LogP contribution is -2.27. The average Bonchev–Trinajstić information content (AvgIpc) is 2.27. The molecule has 0 aliphatic carbocycles. The minimum Gasteiger partial charge on any atom is -0.444 e. The summed E-state index contributed by atoms with van der Waals surface area (Å²) in [4.78, 5) is 14.7. The molecule has 0 atom stereocenters. The Kier molecular flexibility index (Phi) is 4.87. The number of halogens is 1. The number of hydrogen-bond acceptors (Lipinski definition) is 2. The Balaban J connectivity index is 2.74. The van der Waals surface area contributed by atoms with Crippen LogP contribution in [0.15, 0.2) is 18.2 Å². The highest BCUT2D eigenvalue weighted by Gasteiger charge is 2.16. The number of nitrogens with zero attached hydrogens (tertiary/aromatic N) is 1. The van der Waals surface area contributed by atoms with Crippen molar-refractivity contribution in [1.82, 2.24) is 0 Å². The highest BCUT2D eigenvalue weighted by Crippen LogP contribution is 2.17. The van der Waals surface area contributed by atoms with Gasteiger partial charge in [0.2, 0.25) is 6.54 Å². The Labute approximate surface area is 112 Å². The van der Waals surface area contributed by atoms with Crippen LogP contribution in [-0.2, 0) is 11.2 Å². The SMILES string of the molecule is [C-]#[N+]CCc1cc(NC(=O)OC(C)(C)C)ccc1F. The van der Waals surface area contributed by atoms with Crippen LogP contribution in [0, 0.1) is 12.4 Å². The summed E-state index contributed by atoms with van der Waals surface area (Å²) in [5, 5.41) is 2.54. The third-order valence-electron chi connectivity index (χ3n) is 2.18. The fourth-order valence-corrected chi connectivity index (χ4v) is 1.44. The minimum absolute atomic E-state index is 0.215. The second kappa shape index (κ2) is 6.19. The zero-order chi connectivity index (χ0) is 14.5. The molecule has 0 aliphatic rings. The summed E-state index contributed by atoms with van der Waals surface area (Å²) in [6.07, 6.45) is -0.269. The van der Waals surface area contributed by atoms with Crippen LogP contribution >= 0.6 is 0 Å². The summed E-state index contributed by atoms with van der Waals surface area (Å²) in [6.45, 7) is 12.2. The molecule has 0 heterocycles. The van der Waals surface area contributed by atoms with E-state index in [1.807, 2.05) is 0 Å². The summed E-state index contributed by atoms with van der Waals surface area (Å²) in [5.41, 5.74) is 0.275. The summed E-state index contributed by atoms with van der Waals surface area (Å²) in [5.74, 6) is -0.376. The molecule has 0 aromatic heterocycles. The van der Waals surface area contributed by atoms with Gasteiger partial charge in [-0.05, 0) is 44.5 Å². The van der Waals surface area contributed by atoms with Crippen LogP contribution in [0.3, 0.4) is 0 Å². The van der Waals surface area contributed by atoms with Crippen LogP contribution in [0.4, 0.5) is 14.9 Å². The van der Waals surface area contributed by atoms with Gasteiger partial charge in [0.15, 0.2) is 0 Å². The molecule has 5 heteroatoms. The van der Waals surface area contributed by atoms with Crippen LogP contribution in [0.1, 0.15) is 26.3 Å². The number of benzene rings is 1. The molecule has 1 aromatic rings. The lowest BCUT2D eigenvalue weighted by Gasteiger charge is -2.19. The molecule has 0 saturated carbocycles. The number of ether oxygens (including phenoxy) is 1. The molecule has 1 N–H and O–H groups in total. The van der Waals surface area contributed by atoms with E-state index < -0.39 is 11.7 Å². The van der Waals surface area contributed by atoms with E-state index in [0.717, 1.165) is 0 Å². The highest BCUT2D eigenvalue weighted by atomic mass is 19.1. The van der Waals surface area contributed by atoms with Crippen LogP contribution in [0.25, 0.3) is 4.85 Å². The number of amides is 1. The van der Waals surface area contributed by atoms with Crippen LogP contribution in [-0.4, -0.2) is 18.2 Å². The van der Waals surface area contributed by atoms with E-state index in [0.29, 0.717) is 17.7 Å². The summed E-state index contributed by atoms with van der Waals surface area (Å²) >= 11 is 0. The van der Waals surface area contributed by atoms with Gasteiger partial charge in [-0.15, -0.1) is 0 Å². The van der Waals surface area contributed by atoms with Crippen molar-refractivity contribution in [1.29, 1.82) is 0 Å². The first-order valence-corrected chi connectivity index (χ1v) is 5.93. The van der Waals surface area contributed by atoms with E-state index in [1.54, 1.807) is 20.8 Å². The van der Waals surface area contributed by atoms with Gasteiger partial charge in [-0.1, -0.05) is 0 Å². The Hall–Kier alpha value is -2.09. The monoisotopic (exact) mass is 264 g/mol. The molecule has 4 nitrogen and oxygen atoms in total. The van der Waals surface area contributed by atoms with Gasteiger partial charge in [-0.25, -0.2) is 15.8 Å². The number of nitrogens with one attached hydrogen (secondary N) is 1. The number of rotatable bonds is 3. The molecule has 0 radical (unpaired) electrons. The van der Waals surface area contributed by atoms with Crippen molar-refractivity contribution < 1.29 is 13.9 Å². The maximum Gasteiger partial charge on any atom is 0.412 e. The predicted octanol–water partition coefficient (Wildman–Crippen LogP) is 3.63. The summed E-state index contributed by atoms with van der Waals surface area (Å²) < 4.78 is 18.6. The van der Waals surface area contributed by atoms with E-state index >= 15 is 0 Å². The first-order valence-electron chi connectivity index (χ1n) is 5.93. The Morgan fingerprint density at radius 2 is 2.16 bits per heavy atom. The molecule has 0 aliphatic heterocycles. The van der Waals surface area contributed by atoms with Gasteiger partial charge in [0.25, 0.3) is 0 Å². The lowest BCUT2D eigenvalue weighted by atomic mass is 10.1. The van der Waals surface area contributed by atoms with Crippen molar-refractivity contribution in [2.45, 2.75) is 32.8 Å². The molecule has 0 bridgehead atoms. The topological polar surface area (TPSA) is 42.7 Å². The van der Waals surface area contributed by atoms with E-state index in [4.69, 9.17) is 11.3 Å². The van der Waals surface area contributed by atoms with Crippen LogP contribution in [0.5, 0.6) is 0 Å². The predicted molar refractivity (Wildman–Crippen MR) is 71.4 cm³/mol. The molecule has 102 valence electrons. The quantitative estimate of drug-likeness (QED) is 0.847. The number of hydrogen-bond donors (Lipinski definition) is 1. The maximum atomic E-state index is 13.5. The number of carbonyl (C=O) groups excluding carboxylic acids is 1. The van der Waals surface area contributed by atoms with Crippen LogP contribution in [0.2, 0.25) is 0 Å². The molecular weight excluding hydrogens is 247 g/mol. The molecule has 0 unspecified atom stereocenters. The molecule has 1 aromatic carbocycles. The molecule has 1 amide bonds. The van der Waals surface area contributed by atoms with Gasteiger partial charge >= 0.3 is 6.09 Å². The summed E-state index contributed by atoms with van der Waals surface area (Å²) in [6, 6.07) is 4.25. The second-order valence-electron chi connectivity index (χ2n) is 5.06. The van der Waals surface area contributed by atoms with Crippen molar-refractivity contribution in [2.24, 2.45) is 0 Å². The maximum absolute atomic E-state index is 13.5. The fourth-order valence-electron chi connectivity index (χ4n) is 1.44. The number of carbonyl (C=O) groups is 1. The molecule has 0 saturated heterocycles. The second-order valence-corrected chi connectivity index (χ2v) is 5.06. The zero-order valence-electron chi connectivity index (χ0n) is 11.3. The van der Waals surface area contributed by atoms with E-state index in [9.17, 15) is 9.18 Å². The van der Waals surface area contributed by atoms with E-state index in [-0.39, 0.29) is 12.4 Å². The molecular formula is C14H17FN2O2. The van der Waals surface area contributed by atoms with Crippen molar-refractivity contribution >= 4 is 11.8 Å². The molecule has 1 rings (SSSR count). The normalized spacial score (nSPS) is 10.7. The minimum atomic E-state index is -0.588. The van der Waals surface area contributed by atoms with Crippen LogP contribution < -0.4 is 5.32 Å². The van der Waals surface area contributed by atoms with Gasteiger partial charge in [0.05, 0.1) is 0 Å². The van der Waals surface area contributed by atoms with Crippen molar-refractivity contribution in [3.05, 3.63) is 41.0 Å². The van der Waals surface area contributed by atoms with Gasteiger partial charge in [0, 0.05) is 12.1 Å². The largest absolute Gasteiger partial charge is 0.444 e. The smallest absolute Gasteiger partial charge is 0.412 e. The first kappa shape index (κ1) is 15.0. The fraction of sp³-hybridized carbons (Fsp3) is 0.429. The third-order valence-corrected chi connectivity index (χ3v) is 2.18. The van der Waals surface area contributed by atoms with Crippen molar-refractivity contribution in [3.63, 3.8) is 0 Å². The van der Waals surface area contributed by atoms with E-state index in [2.05, 4.69) is 10.2 Å². The molecule has 0 fully saturated rings. The van der Waals surface area contributed by atoms with Gasteiger partial charge < -0.3 is 9.58 Å². The van der Waals surface area contributed by atoms with Crippen molar-refractivity contribution in [3.8, 4) is 0 Å². The standard InChI is InChI=1S/C14H17FN2O2/c1-14(2,3)19-13(18)17-11-5-6-12(15)10(9-11)7-8-16-4/h5-6,9H,7-8H2,1-3H3,(H,17,18). The van der Waals surface area contributed by atoms with Gasteiger partial charge in [-0.2, -0.15) is 0 Å². The third kappa shape index (κ3) is 5.38. The van der Waals surface area contributed by atoms with Crippen molar-refractivity contribution in [2.75, 3.05) is 11.9 Å². The number of anilines is 1. The molecule has 0 spiro atoms. The Morgan fingerprint density at radius 3 is 2.74 bits per heavy atom. The Morgan fingerprint density at radius 1 is 1.47 bits per heavy atom. The summed E-state index contributed by atoms with van der Waals surface area (Å²) in [7, 11) is 0. The van der Waals surface area contributed by atoms with E-state index in [1.165, 1.54) is 18.2 Å². The lowest BCUT2D eigenvalue weighted by molar-refractivity contribution is 0.0636.